The molecule has 26 heavy (non-hydrogen) atoms. The number of rotatable bonds is 4. The number of hydrogen-bond acceptors (Lipinski definition) is 4. The smallest absolute Gasteiger partial charge is 0.276 e. The predicted molar refractivity (Wildman–Crippen MR) is 103 cm³/mol. The average molecular weight is 372 g/mol. The standard InChI is InChI=1S/C20H24N2O3S/c1-15-10-12-17(13-11-15)26(24,25)22-21-18-9-6-14-20(2,23)19(18)16-7-4-3-5-8-16/h3-5,7-8,10-13,19,22-23H,6,9,14H2,1-2H3/b21-18+/t19-,20+/m1/s1. The van der Waals surface area contributed by atoms with Crippen LogP contribution in [-0.2, 0) is 10.0 Å². The largest absolute Gasteiger partial charge is 0.389 e. The van der Waals surface area contributed by atoms with E-state index in [1.165, 1.54) is 0 Å². The Morgan fingerprint density at radius 2 is 1.77 bits per heavy atom. The second-order valence-corrected chi connectivity index (χ2v) is 8.73. The van der Waals surface area contributed by atoms with Gasteiger partial charge in [-0.25, -0.2) is 4.83 Å². The van der Waals surface area contributed by atoms with Crippen molar-refractivity contribution in [1.29, 1.82) is 0 Å². The minimum atomic E-state index is -3.74. The summed E-state index contributed by atoms with van der Waals surface area (Å²) in [6.45, 7) is 3.69. The van der Waals surface area contributed by atoms with Crippen molar-refractivity contribution in [3.8, 4) is 0 Å². The third-order valence-corrected chi connectivity index (χ3v) is 6.07. The van der Waals surface area contributed by atoms with Crippen molar-refractivity contribution in [2.75, 3.05) is 0 Å². The van der Waals surface area contributed by atoms with Gasteiger partial charge in [0, 0.05) is 5.71 Å². The highest BCUT2D eigenvalue weighted by molar-refractivity contribution is 7.89. The fraction of sp³-hybridized carbons (Fsp3) is 0.350. The molecule has 138 valence electrons. The molecule has 1 fully saturated rings. The highest BCUT2D eigenvalue weighted by atomic mass is 32.2. The van der Waals surface area contributed by atoms with Gasteiger partial charge in [-0.05, 0) is 50.8 Å². The molecule has 2 aromatic carbocycles. The van der Waals surface area contributed by atoms with Crippen LogP contribution in [0.1, 0.15) is 43.2 Å². The van der Waals surface area contributed by atoms with E-state index >= 15 is 0 Å². The summed E-state index contributed by atoms with van der Waals surface area (Å²) in [5.74, 6) is -0.335. The zero-order chi connectivity index (χ0) is 18.8. The van der Waals surface area contributed by atoms with Gasteiger partial charge in [-0.3, -0.25) is 0 Å². The van der Waals surface area contributed by atoms with Crippen molar-refractivity contribution >= 4 is 15.7 Å². The molecule has 2 aromatic rings. The molecule has 0 bridgehead atoms. The first-order valence-electron chi connectivity index (χ1n) is 8.72. The maximum atomic E-state index is 12.5. The Bertz CT molecular complexity index is 888. The molecule has 1 saturated carbocycles. The fourth-order valence-electron chi connectivity index (χ4n) is 3.48. The van der Waals surface area contributed by atoms with Gasteiger partial charge in [0.05, 0.1) is 16.4 Å². The molecule has 0 aliphatic heterocycles. The lowest BCUT2D eigenvalue weighted by Gasteiger charge is -2.38. The van der Waals surface area contributed by atoms with Crippen LogP contribution in [0, 0.1) is 6.92 Å². The molecule has 0 radical (unpaired) electrons. The summed E-state index contributed by atoms with van der Waals surface area (Å²) >= 11 is 0. The van der Waals surface area contributed by atoms with Gasteiger partial charge in [0.15, 0.2) is 0 Å². The molecule has 0 saturated heterocycles. The lowest BCUT2D eigenvalue weighted by molar-refractivity contribution is 0.0327. The molecule has 2 N–H and O–H groups in total. The van der Waals surface area contributed by atoms with Gasteiger partial charge in [-0.2, -0.15) is 13.5 Å². The van der Waals surface area contributed by atoms with Gasteiger partial charge >= 0.3 is 0 Å². The number of nitrogens with one attached hydrogen (secondary N) is 1. The molecule has 3 rings (SSSR count). The quantitative estimate of drug-likeness (QED) is 0.808. The van der Waals surface area contributed by atoms with Crippen LogP contribution in [0.4, 0.5) is 0 Å². The summed E-state index contributed by atoms with van der Waals surface area (Å²) in [4.78, 5) is 2.52. The van der Waals surface area contributed by atoms with E-state index in [0.29, 0.717) is 18.6 Å². The maximum Gasteiger partial charge on any atom is 0.276 e. The van der Waals surface area contributed by atoms with Crippen molar-refractivity contribution in [2.45, 2.75) is 49.5 Å². The van der Waals surface area contributed by atoms with Crippen molar-refractivity contribution in [3.63, 3.8) is 0 Å². The third kappa shape index (κ3) is 3.97. The van der Waals surface area contributed by atoms with E-state index in [-0.39, 0.29) is 10.8 Å². The fourth-order valence-corrected chi connectivity index (χ4v) is 4.32. The first kappa shape index (κ1) is 18.6. The van der Waals surface area contributed by atoms with Crippen LogP contribution in [0.2, 0.25) is 0 Å². The lowest BCUT2D eigenvalue weighted by atomic mass is 9.72. The number of nitrogens with zero attached hydrogens (tertiary/aromatic N) is 1. The van der Waals surface area contributed by atoms with Crippen molar-refractivity contribution in [1.82, 2.24) is 4.83 Å². The molecule has 0 spiro atoms. The summed E-state index contributed by atoms with van der Waals surface area (Å²) < 4.78 is 25.0. The lowest BCUT2D eigenvalue weighted by Crippen LogP contribution is -2.42. The van der Waals surface area contributed by atoms with E-state index < -0.39 is 15.6 Å². The van der Waals surface area contributed by atoms with Gasteiger partial charge in [-0.15, -0.1) is 0 Å². The summed E-state index contributed by atoms with van der Waals surface area (Å²) in [6.07, 6.45) is 2.06. The van der Waals surface area contributed by atoms with Gasteiger partial charge in [-0.1, -0.05) is 48.0 Å². The van der Waals surface area contributed by atoms with Crippen LogP contribution in [0.15, 0.2) is 64.6 Å². The molecule has 2 atom stereocenters. The third-order valence-electron chi connectivity index (χ3n) is 4.84. The molecular formula is C20H24N2O3S. The molecular weight excluding hydrogens is 348 g/mol. The van der Waals surface area contributed by atoms with Crippen LogP contribution in [0.5, 0.6) is 0 Å². The van der Waals surface area contributed by atoms with Gasteiger partial charge in [0.1, 0.15) is 0 Å². The number of aliphatic hydroxyl groups is 1. The minimum Gasteiger partial charge on any atom is -0.389 e. The van der Waals surface area contributed by atoms with Crippen LogP contribution in [0.3, 0.4) is 0 Å². The van der Waals surface area contributed by atoms with Crippen molar-refractivity contribution < 1.29 is 13.5 Å². The van der Waals surface area contributed by atoms with E-state index in [0.717, 1.165) is 17.5 Å². The van der Waals surface area contributed by atoms with E-state index in [2.05, 4.69) is 9.93 Å². The molecule has 0 heterocycles. The van der Waals surface area contributed by atoms with E-state index in [9.17, 15) is 13.5 Å². The normalized spacial score (nSPS) is 25.2. The predicted octanol–water partition coefficient (Wildman–Crippen LogP) is 3.35. The summed E-state index contributed by atoms with van der Waals surface area (Å²) in [5.41, 5.74) is 1.62. The van der Waals surface area contributed by atoms with Crippen LogP contribution in [-0.4, -0.2) is 24.8 Å². The zero-order valence-corrected chi connectivity index (χ0v) is 15.8. The van der Waals surface area contributed by atoms with E-state index in [1.807, 2.05) is 37.3 Å². The molecule has 0 amide bonds. The maximum absolute atomic E-state index is 12.5. The van der Waals surface area contributed by atoms with Crippen LogP contribution >= 0.6 is 0 Å². The first-order chi connectivity index (χ1) is 12.3. The summed E-state index contributed by atoms with van der Waals surface area (Å²) in [6, 6.07) is 16.2. The molecule has 5 nitrogen and oxygen atoms in total. The van der Waals surface area contributed by atoms with Crippen LogP contribution in [0.25, 0.3) is 0 Å². The monoisotopic (exact) mass is 372 g/mol. The molecule has 1 aliphatic rings. The number of sulfonamides is 1. The second-order valence-electron chi connectivity index (χ2n) is 7.07. The minimum absolute atomic E-state index is 0.172. The molecule has 0 unspecified atom stereocenters. The highest BCUT2D eigenvalue weighted by Gasteiger charge is 2.40. The second kappa shape index (κ2) is 7.21. The highest BCUT2D eigenvalue weighted by Crippen LogP contribution is 2.39. The Kier molecular flexibility index (Phi) is 5.16. The SMILES string of the molecule is Cc1ccc(S(=O)(=O)N/N=C2\CCC[C@](C)(O)[C@@H]2c2ccccc2)cc1. The number of aryl methyl sites for hydroxylation is 1. The average Bonchev–Trinajstić information content (AvgIpc) is 2.60. The number of hydrogen-bond donors (Lipinski definition) is 2. The number of hydrazone groups is 1. The Labute approximate surface area is 154 Å². The molecule has 1 aliphatic carbocycles. The van der Waals surface area contributed by atoms with Gasteiger partial charge in [0.25, 0.3) is 10.0 Å². The van der Waals surface area contributed by atoms with Gasteiger partial charge < -0.3 is 5.11 Å². The Hall–Kier alpha value is -2.18. The number of benzene rings is 2. The van der Waals surface area contributed by atoms with Crippen molar-refractivity contribution in [2.24, 2.45) is 5.10 Å². The van der Waals surface area contributed by atoms with E-state index in [1.54, 1.807) is 31.2 Å². The van der Waals surface area contributed by atoms with E-state index in [4.69, 9.17) is 0 Å². The zero-order valence-electron chi connectivity index (χ0n) is 15.0. The van der Waals surface area contributed by atoms with Gasteiger partial charge in [0.2, 0.25) is 0 Å². The van der Waals surface area contributed by atoms with Crippen LogP contribution < -0.4 is 4.83 Å². The molecule has 0 aromatic heterocycles. The topological polar surface area (TPSA) is 78.8 Å². The summed E-state index contributed by atoms with van der Waals surface area (Å²) in [5, 5.41) is 15.1. The first-order valence-corrected chi connectivity index (χ1v) is 10.2. The Morgan fingerprint density at radius 1 is 1.12 bits per heavy atom. The Balaban J connectivity index is 1.91. The van der Waals surface area contributed by atoms with Crippen molar-refractivity contribution in [3.05, 3.63) is 65.7 Å². The summed E-state index contributed by atoms with van der Waals surface area (Å²) in [7, 11) is -3.74. The molecule has 6 heteroatoms. The Morgan fingerprint density at radius 3 is 2.42 bits per heavy atom.